The molecule has 0 N–H and O–H groups in total. The van der Waals surface area contributed by atoms with Crippen LogP contribution in [0.5, 0.6) is 0 Å². The first-order valence-corrected chi connectivity index (χ1v) is 5.94. The number of alkyl halides is 3. The van der Waals surface area contributed by atoms with Crippen LogP contribution in [0.4, 0.5) is 13.2 Å². The highest BCUT2D eigenvalue weighted by Crippen LogP contribution is 2.37. The summed E-state index contributed by atoms with van der Waals surface area (Å²) in [6.07, 6.45) is -4.41. The van der Waals surface area contributed by atoms with Gasteiger partial charge in [-0.15, -0.1) is 0 Å². The van der Waals surface area contributed by atoms with Crippen molar-refractivity contribution < 1.29 is 13.2 Å². The number of rotatable bonds is 0. The van der Waals surface area contributed by atoms with Gasteiger partial charge in [-0.2, -0.15) is 18.3 Å². The van der Waals surface area contributed by atoms with E-state index < -0.39 is 17.4 Å². The van der Waals surface area contributed by atoms with Gasteiger partial charge in [0.1, 0.15) is 4.60 Å². The first-order valence-electron chi connectivity index (χ1n) is 4.07. The summed E-state index contributed by atoms with van der Waals surface area (Å²) in [6, 6.07) is 0. The van der Waals surface area contributed by atoms with Crippen LogP contribution in [0.25, 0.3) is 0 Å². The Balaban J connectivity index is 3.38. The van der Waals surface area contributed by atoms with E-state index in [-0.39, 0.29) is 3.57 Å². The van der Waals surface area contributed by atoms with E-state index in [4.69, 9.17) is 0 Å². The molecule has 1 rings (SSSR count). The lowest BCUT2D eigenvalue weighted by Crippen LogP contribution is -2.24. The smallest absolute Gasteiger partial charge is 0.251 e. The molecule has 15 heavy (non-hydrogen) atoms. The summed E-state index contributed by atoms with van der Waals surface area (Å²) >= 11 is 4.76. The van der Waals surface area contributed by atoms with Crippen LogP contribution < -0.4 is 0 Å². The molecule has 0 atom stereocenters. The average molecular weight is 397 g/mol. The fourth-order valence-corrected chi connectivity index (χ4v) is 2.45. The van der Waals surface area contributed by atoms with Crippen LogP contribution in [-0.2, 0) is 11.7 Å². The Labute approximate surface area is 107 Å². The van der Waals surface area contributed by atoms with Gasteiger partial charge in [0, 0.05) is 0 Å². The normalized spacial score (nSPS) is 13.3. The lowest BCUT2D eigenvalue weighted by molar-refractivity contribution is -0.142. The Kier molecular flexibility index (Phi) is 3.45. The van der Waals surface area contributed by atoms with E-state index in [9.17, 15) is 13.2 Å². The molecule has 0 saturated carbocycles. The molecule has 0 unspecified atom stereocenters. The molecule has 2 nitrogen and oxygen atoms in total. The minimum absolute atomic E-state index is 0.0926. The molecule has 0 fully saturated rings. The fourth-order valence-electron chi connectivity index (χ4n) is 1.00. The Morgan fingerprint density at radius 3 is 1.93 bits per heavy atom. The zero-order valence-electron chi connectivity index (χ0n) is 8.28. The summed E-state index contributed by atoms with van der Waals surface area (Å²) in [5, 5.41) is 3.59. The third kappa shape index (κ3) is 2.66. The maximum Gasteiger partial charge on any atom is 0.436 e. The van der Waals surface area contributed by atoms with E-state index in [1.165, 1.54) is 4.68 Å². The average Bonchev–Trinajstić information content (AvgIpc) is 2.26. The van der Waals surface area contributed by atoms with Crippen molar-refractivity contribution in [3.8, 4) is 0 Å². The maximum atomic E-state index is 12.5. The van der Waals surface area contributed by atoms with Gasteiger partial charge in [0.2, 0.25) is 0 Å². The van der Waals surface area contributed by atoms with Crippen molar-refractivity contribution in [2.75, 3.05) is 0 Å². The van der Waals surface area contributed by atoms with Gasteiger partial charge in [-0.25, -0.2) is 0 Å². The molecule has 0 aliphatic rings. The van der Waals surface area contributed by atoms with Gasteiger partial charge in [0.05, 0.1) is 9.11 Å². The van der Waals surface area contributed by atoms with Gasteiger partial charge < -0.3 is 0 Å². The predicted molar refractivity (Wildman–Crippen MR) is 62.6 cm³/mol. The van der Waals surface area contributed by atoms with E-state index in [1.54, 1.807) is 43.4 Å². The summed E-state index contributed by atoms with van der Waals surface area (Å²) in [7, 11) is 0. The van der Waals surface area contributed by atoms with Crippen LogP contribution in [0.2, 0.25) is 0 Å². The maximum absolute atomic E-state index is 12.5. The minimum Gasteiger partial charge on any atom is -0.251 e. The molecule has 0 aliphatic heterocycles. The molecule has 0 aromatic carbocycles. The third-order valence-corrected chi connectivity index (χ3v) is 4.17. The summed E-state index contributed by atoms with van der Waals surface area (Å²) in [5.74, 6) is 0. The molecule has 1 aromatic heterocycles. The zero-order chi connectivity index (χ0) is 12.0. The fraction of sp³-hybridized carbons (Fsp3) is 0.625. The second-order valence-electron chi connectivity index (χ2n) is 4.03. The van der Waals surface area contributed by atoms with Gasteiger partial charge in [-0.05, 0) is 59.3 Å². The summed E-state index contributed by atoms with van der Waals surface area (Å²) in [6.45, 7) is 5.38. The van der Waals surface area contributed by atoms with Crippen LogP contribution in [0.15, 0.2) is 4.60 Å². The van der Waals surface area contributed by atoms with Crippen molar-refractivity contribution in [2.45, 2.75) is 32.5 Å². The molecule has 0 saturated heterocycles. The molecule has 0 bridgehead atoms. The van der Waals surface area contributed by atoms with Crippen molar-refractivity contribution in [3.63, 3.8) is 0 Å². The topological polar surface area (TPSA) is 17.8 Å². The van der Waals surface area contributed by atoms with Crippen molar-refractivity contribution in [3.05, 3.63) is 13.9 Å². The highest BCUT2D eigenvalue weighted by atomic mass is 127. The number of nitrogens with zero attached hydrogens (tertiary/aromatic N) is 2. The lowest BCUT2D eigenvalue weighted by Gasteiger charge is -2.20. The Hall–Kier alpha value is 0.210. The third-order valence-electron chi connectivity index (χ3n) is 1.68. The van der Waals surface area contributed by atoms with E-state index in [0.717, 1.165) is 0 Å². The quantitative estimate of drug-likeness (QED) is 0.605. The van der Waals surface area contributed by atoms with Crippen molar-refractivity contribution >= 4 is 38.5 Å². The largest absolute Gasteiger partial charge is 0.436 e. The highest BCUT2D eigenvalue weighted by Gasteiger charge is 2.39. The number of halogens is 5. The van der Waals surface area contributed by atoms with Gasteiger partial charge in [0.15, 0.2) is 5.69 Å². The molecule has 1 aromatic rings. The Morgan fingerprint density at radius 1 is 1.27 bits per heavy atom. The number of hydrogen-bond donors (Lipinski definition) is 0. The molecule has 0 radical (unpaired) electrons. The predicted octanol–water partition coefficient (Wildman–Crippen LogP) is 4.02. The zero-order valence-corrected chi connectivity index (χ0v) is 12.0. The van der Waals surface area contributed by atoms with Crippen LogP contribution >= 0.6 is 38.5 Å². The lowest BCUT2D eigenvalue weighted by atomic mass is 10.1. The first kappa shape index (κ1) is 13.3. The standard InChI is InChI=1S/C8H9BrF3IN2/c1-7(2,3)15-6(9)4(13)5(14-15)8(10,11)12/h1-3H3. The van der Waals surface area contributed by atoms with Crippen LogP contribution in [0, 0.1) is 3.57 Å². The minimum atomic E-state index is -4.41. The van der Waals surface area contributed by atoms with Gasteiger partial charge in [-0.1, -0.05) is 0 Å². The molecule has 1 heterocycles. The summed E-state index contributed by atoms with van der Waals surface area (Å²) in [4.78, 5) is 0. The first-order chi connectivity index (χ1) is 6.55. The highest BCUT2D eigenvalue weighted by molar-refractivity contribution is 14.1. The monoisotopic (exact) mass is 396 g/mol. The van der Waals surface area contributed by atoms with Crippen LogP contribution in [0.1, 0.15) is 26.5 Å². The second kappa shape index (κ2) is 3.90. The molecular formula is C8H9BrF3IN2. The van der Waals surface area contributed by atoms with E-state index >= 15 is 0 Å². The van der Waals surface area contributed by atoms with E-state index in [0.29, 0.717) is 4.60 Å². The van der Waals surface area contributed by atoms with Crippen molar-refractivity contribution in [1.29, 1.82) is 0 Å². The Bertz CT molecular complexity index is 344. The molecule has 0 spiro atoms. The molecule has 7 heteroatoms. The van der Waals surface area contributed by atoms with Gasteiger partial charge >= 0.3 is 6.18 Å². The van der Waals surface area contributed by atoms with Crippen molar-refractivity contribution in [2.24, 2.45) is 0 Å². The van der Waals surface area contributed by atoms with Crippen molar-refractivity contribution in [1.82, 2.24) is 9.78 Å². The molecular weight excluding hydrogens is 388 g/mol. The van der Waals surface area contributed by atoms with Gasteiger partial charge in [0.25, 0.3) is 0 Å². The molecule has 0 aliphatic carbocycles. The Morgan fingerprint density at radius 2 is 1.73 bits per heavy atom. The summed E-state index contributed by atoms with van der Waals surface area (Å²) < 4.78 is 39.4. The van der Waals surface area contributed by atoms with Gasteiger partial charge in [-0.3, -0.25) is 4.68 Å². The number of hydrogen-bond acceptors (Lipinski definition) is 1. The van der Waals surface area contributed by atoms with Crippen LogP contribution in [-0.4, -0.2) is 9.78 Å². The van der Waals surface area contributed by atoms with Crippen LogP contribution in [0.3, 0.4) is 0 Å². The van der Waals surface area contributed by atoms with E-state index in [1.807, 2.05) is 0 Å². The van der Waals surface area contributed by atoms with E-state index in [2.05, 4.69) is 21.0 Å². The molecule has 86 valence electrons. The summed E-state index contributed by atoms with van der Waals surface area (Å²) in [5.41, 5.74) is -1.33. The second-order valence-corrected chi connectivity index (χ2v) is 5.86. The molecule has 0 amide bonds. The number of aromatic nitrogens is 2. The SMILES string of the molecule is CC(C)(C)n1nc(C(F)(F)F)c(I)c1Br.